The summed E-state index contributed by atoms with van der Waals surface area (Å²) in [7, 11) is 1.80. The molecule has 0 aromatic heterocycles. The fourth-order valence-corrected chi connectivity index (χ4v) is 1.29. The minimum atomic E-state index is -0.524. The molecule has 1 atom stereocenters. The molecule has 1 aromatic rings. The van der Waals surface area contributed by atoms with Crippen molar-refractivity contribution in [3.05, 3.63) is 35.9 Å². The number of rotatable bonds is 5. The second-order valence-corrected chi connectivity index (χ2v) is 3.37. The summed E-state index contributed by atoms with van der Waals surface area (Å²) in [6.45, 7) is 0.566. The van der Waals surface area contributed by atoms with Crippen molar-refractivity contribution in [1.29, 1.82) is 0 Å². The topological polar surface area (TPSA) is 43.7 Å². The number of hydrogen-bond acceptors (Lipinski definition) is 3. The van der Waals surface area contributed by atoms with Gasteiger partial charge in [0.1, 0.15) is 6.23 Å². The van der Waals surface area contributed by atoms with Crippen LogP contribution < -0.4 is 0 Å². The zero-order valence-electron chi connectivity index (χ0n) is 8.43. The average Bonchev–Trinajstić information content (AvgIpc) is 2.19. The smallest absolute Gasteiger partial charge is 0.111 e. The molecule has 14 heavy (non-hydrogen) atoms. The van der Waals surface area contributed by atoms with Crippen LogP contribution in [0, 0.1) is 0 Å². The molecule has 2 N–H and O–H groups in total. The fraction of sp³-hybridized carbons (Fsp3) is 0.455. The molecule has 0 saturated heterocycles. The van der Waals surface area contributed by atoms with Crippen molar-refractivity contribution in [3.63, 3.8) is 0 Å². The minimum Gasteiger partial charge on any atom is -0.395 e. The van der Waals surface area contributed by atoms with Gasteiger partial charge in [-0.25, -0.2) is 0 Å². The first-order chi connectivity index (χ1) is 6.74. The minimum absolute atomic E-state index is 0.0718. The largest absolute Gasteiger partial charge is 0.395 e. The van der Waals surface area contributed by atoms with Crippen LogP contribution in [0.1, 0.15) is 5.56 Å². The summed E-state index contributed by atoms with van der Waals surface area (Å²) in [5.41, 5.74) is 1.10. The normalized spacial score (nSPS) is 13.1. The van der Waals surface area contributed by atoms with E-state index in [0.717, 1.165) is 5.56 Å². The molecule has 0 aliphatic carbocycles. The molecule has 3 nitrogen and oxygen atoms in total. The Morgan fingerprint density at radius 1 is 1.29 bits per heavy atom. The van der Waals surface area contributed by atoms with E-state index in [0.29, 0.717) is 13.0 Å². The Balaban J connectivity index is 2.44. The summed E-state index contributed by atoms with van der Waals surface area (Å²) in [5, 5.41) is 18.4. The Hall–Kier alpha value is -0.900. The monoisotopic (exact) mass is 195 g/mol. The van der Waals surface area contributed by atoms with Crippen molar-refractivity contribution in [1.82, 2.24) is 4.90 Å². The van der Waals surface area contributed by atoms with E-state index in [2.05, 4.69) is 0 Å². The standard InChI is InChI=1S/C11H17NO2/c1-12(7-8-13)11(14)9-10-5-3-2-4-6-10/h2-6,11,13-14H,7-9H2,1H3. The lowest BCUT2D eigenvalue weighted by atomic mass is 10.1. The van der Waals surface area contributed by atoms with Gasteiger partial charge < -0.3 is 10.2 Å². The van der Waals surface area contributed by atoms with Gasteiger partial charge in [-0.05, 0) is 12.6 Å². The molecule has 78 valence electrons. The van der Waals surface area contributed by atoms with Gasteiger partial charge >= 0.3 is 0 Å². The highest BCUT2D eigenvalue weighted by atomic mass is 16.3. The number of aliphatic hydroxyl groups is 2. The molecule has 1 rings (SSSR count). The predicted octanol–water partition coefficient (Wildman–Crippen LogP) is 0.472. The van der Waals surface area contributed by atoms with E-state index in [4.69, 9.17) is 5.11 Å². The summed E-state index contributed by atoms with van der Waals surface area (Å²) in [5.74, 6) is 0. The first kappa shape index (κ1) is 11.2. The lowest BCUT2D eigenvalue weighted by Crippen LogP contribution is -2.35. The molecule has 0 bridgehead atoms. The number of likely N-dealkylation sites (N-methyl/N-ethyl adjacent to an activating group) is 1. The molecule has 0 aliphatic rings. The highest BCUT2D eigenvalue weighted by Crippen LogP contribution is 2.04. The first-order valence-electron chi connectivity index (χ1n) is 4.77. The maximum absolute atomic E-state index is 9.72. The molecule has 0 heterocycles. The number of aliphatic hydroxyl groups excluding tert-OH is 2. The first-order valence-corrected chi connectivity index (χ1v) is 4.77. The van der Waals surface area contributed by atoms with Crippen LogP contribution in [0.15, 0.2) is 30.3 Å². The molecule has 3 heteroatoms. The van der Waals surface area contributed by atoms with E-state index < -0.39 is 6.23 Å². The maximum Gasteiger partial charge on any atom is 0.111 e. The van der Waals surface area contributed by atoms with Crippen LogP contribution in [0.5, 0.6) is 0 Å². The van der Waals surface area contributed by atoms with Crippen LogP contribution in [-0.2, 0) is 6.42 Å². The van der Waals surface area contributed by atoms with Crippen LogP contribution in [0.4, 0.5) is 0 Å². The van der Waals surface area contributed by atoms with Gasteiger partial charge in [0.25, 0.3) is 0 Å². The van der Waals surface area contributed by atoms with Crippen LogP contribution in [0.2, 0.25) is 0 Å². The quantitative estimate of drug-likeness (QED) is 0.671. The summed E-state index contributed by atoms with van der Waals surface area (Å²) < 4.78 is 0. The maximum atomic E-state index is 9.72. The van der Waals surface area contributed by atoms with E-state index >= 15 is 0 Å². The van der Waals surface area contributed by atoms with Crippen LogP contribution in [0.25, 0.3) is 0 Å². The molecule has 0 saturated carbocycles. The Kier molecular flexibility index (Phi) is 4.59. The molecule has 0 radical (unpaired) electrons. The molecule has 1 aromatic carbocycles. The summed E-state index contributed by atoms with van der Waals surface area (Å²) >= 11 is 0. The van der Waals surface area contributed by atoms with Gasteiger partial charge in [0, 0.05) is 13.0 Å². The molecule has 0 amide bonds. The van der Waals surface area contributed by atoms with Gasteiger partial charge in [-0.3, -0.25) is 4.90 Å². The average molecular weight is 195 g/mol. The van der Waals surface area contributed by atoms with Crippen molar-refractivity contribution in [3.8, 4) is 0 Å². The third-order valence-corrected chi connectivity index (χ3v) is 2.22. The molecule has 0 spiro atoms. The van der Waals surface area contributed by atoms with E-state index in [1.807, 2.05) is 30.3 Å². The third-order valence-electron chi connectivity index (χ3n) is 2.22. The Morgan fingerprint density at radius 3 is 2.50 bits per heavy atom. The van der Waals surface area contributed by atoms with Crippen LogP contribution in [-0.4, -0.2) is 41.5 Å². The van der Waals surface area contributed by atoms with Gasteiger partial charge in [0.05, 0.1) is 6.61 Å². The summed E-state index contributed by atoms with van der Waals surface area (Å²) in [6, 6.07) is 9.82. The second kappa shape index (κ2) is 5.75. The molecular formula is C11H17NO2. The van der Waals surface area contributed by atoms with Crippen molar-refractivity contribution in [2.24, 2.45) is 0 Å². The Labute approximate surface area is 84.6 Å². The van der Waals surface area contributed by atoms with E-state index in [9.17, 15) is 5.11 Å². The number of hydrogen-bond donors (Lipinski definition) is 2. The Bertz CT molecular complexity index is 251. The van der Waals surface area contributed by atoms with Gasteiger partial charge in [-0.15, -0.1) is 0 Å². The zero-order valence-corrected chi connectivity index (χ0v) is 8.43. The van der Waals surface area contributed by atoms with E-state index in [1.165, 1.54) is 0 Å². The molecule has 0 fully saturated rings. The predicted molar refractivity (Wildman–Crippen MR) is 55.9 cm³/mol. The lowest BCUT2D eigenvalue weighted by Gasteiger charge is -2.22. The van der Waals surface area contributed by atoms with E-state index in [-0.39, 0.29) is 6.61 Å². The zero-order chi connectivity index (χ0) is 10.4. The van der Waals surface area contributed by atoms with Gasteiger partial charge in [0.2, 0.25) is 0 Å². The molecular weight excluding hydrogens is 178 g/mol. The Morgan fingerprint density at radius 2 is 1.93 bits per heavy atom. The van der Waals surface area contributed by atoms with Gasteiger partial charge in [-0.1, -0.05) is 30.3 Å². The van der Waals surface area contributed by atoms with E-state index in [1.54, 1.807) is 11.9 Å². The van der Waals surface area contributed by atoms with Crippen LogP contribution >= 0.6 is 0 Å². The van der Waals surface area contributed by atoms with Gasteiger partial charge in [0.15, 0.2) is 0 Å². The molecule has 0 aliphatic heterocycles. The fourth-order valence-electron chi connectivity index (χ4n) is 1.29. The number of nitrogens with zero attached hydrogens (tertiary/aromatic N) is 1. The SMILES string of the molecule is CN(CCO)C(O)Cc1ccccc1. The third kappa shape index (κ3) is 3.46. The van der Waals surface area contributed by atoms with Crippen molar-refractivity contribution >= 4 is 0 Å². The van der Waals surface area contributed by atoms with Gasteiger partial charge in [-0.2, -0.15) is 0 Å². The highest BCUT2D eigenvalue weighted by Gasteiger charge is 2.10. The van der Waals surface area contributed by atoms with Crippen LogP contribution in [0.3, 0.4) is 0 Å². The lowest BCUT2D eigenvalue weighted by molar-refractivity contribution is 0.0135. The van der Waals surface area contributed by atoms with Crippen molar-refractivity contribution in [2.45, 2.75) is 12.6 Å². The second-order valence-electron chi connectivity index (χ2n) is 3.37. The summed E-state index contributed by atoms with van der Waals surface area (Å²) in [6.07, 6.45) is 0.0710. The highest BCUT2D eigenvalue weighted by molar-refractivity contribution is 5.15. The van der Waals surface area contributed by atoms with Crippen molar-refractivity contribution < 1.29 is 10.2 Å². The molecule has 1 unspecified atom stereocenters. The number of benzene rings is 1. The summed E-state index contributed by atoms with van der Waals surface area (Å²) in [4.78, 5) is 1.73. The van der Waals surface area contributed by atoms with Crippen molar-refractivity contribution in [2.75, 3.05) is 20.2 Å².